The molecule has 5 nitrogen and oxygen atoms in total. The summed E-state index contributed by atoms with van der Waals surface area (Å²) in [5.74, 6) is 1.50. The van der Waals surface area contributed by atoms with Crippen LogP contribution in [0.25, 0.3) is 0 Å². The molecule has 0 spiro atoms. The molecule has 32 heavy (non-hydrogen) atoms. The number of benzene rings is 2. The summed E-state index contributed by atoms with van der Waals surface area (Å²) in [6.07, 6.45) is 7.81. The van der Waals surface area contributed by atoms with Gasteiger partial charge in [0.2, 0.25) is 0 Å². The summed E-state index contributed by atoms with van der Waals surface area (Å²) in [5.41, 5.74) is 1.29. The van der Waals surface area contributed by atoms with Gasteiger partial charge in [-0.2, -0.15) is 0 Å². The summed E-state index contributed by atoms with van der Waals surface area (Å²) in [6.45, 7) is 7.84. The molecule has 2 aliphatic heterocycles. The van der Waals surface area contributed by atoms with Gasteiger partial charge >= 0.3 is 0 Å². The zero-order chi connectivity index (χ0) is 22.0. The zero-order valence-electron chi connectivity index (χ0n) is 19.1. The van der Waals surface area contributed by atoms with Gasteiger partial charge in [-0.3, -0.25) is 14.6 Å². The SMILES string of the molecule is O=C(c1cccc(OCCN2CCCCC2)c1)c1cccc(OCCN2CCCCC2)c1. The van der Waals surface area contributed by atoms with Gasteiger partial charge in [0.1, 0.15) is 24.7 Å². The molecule has 0 aliphatic carbocycles. The Hall–Kier alpha value is -2.37. The molecule has 0 radical (unpaired) electrons. The number of rotatable bonds is 10. The minimum Gasteiger partial charge on any atom is -0.492 e. The summed E-state index contributed by atoms with van der Waals surface area (Å²) in [5, 5.41) is 0. The molecule has 0 saturated carbocycles. The predicted octanol–water partition coefficient (Wildman–Crippen LogP) is 4.65. The second-order valence-electron chi connectivity index (χ2n) is 8.89. The average molecular weight is 437 g/mol. The number of carbonyl (C=O) groups is 1. The maximum atomic E-state index is 13.1. The van der Waals surface area contributed by atoms with Gasteiger partial charge in [-0.15, -0.1) is 0 Å². The quantitative estimate of drug-likeness (QED) is 0.507. The second-order valence-corrected chi connectivity index (χ2v) is 8.89. The predicted molar refractivity (Wildman–Crippen MR) is 128 cm³/mol. The van der Waals surface area contributed by atoms with Crippen molar-refractivity contribution in [2.75, 3.05) is 52.5 Å². The van der Waals surface area contributed by atoms with Gasteiger partial charge in [0.15, 0.2) is 5.78 Å². The Balaban J connectivity index is 1.29. The van der Waals surface area contributed by atoms with E-state index in [0.717, 1.165) is 24.6 Å². The number of ether oxygens (including phenoxy) is 2. The average Bonchev–Trinajstić information content (AvgIpc) is 2.85. The highest BCUT2D eigenvalue weighted by atomic mass is 16.5. The molecular formula is C27H36N2O3. The molecule has 0 unspecified atom stereocenters. The summed E-state index contributed by atoms with van der Waals surface area (Å²) >= 11 is 0. The van der Waals surface area contributed by atoms with E-state index in [4.69, 9.17) is 9.47 Å². The highest BCUT2D eigenvalue weighted by Crippen LogP contribution is 2.20. The van der Waals surface area contributed by atoms with Crippen molar-refractivity contribution in [3.8, 4) is 11.5 Å². The molecule has 0 atom stereocenters. The van der Waals surface area contributed by atoms with Crippen LogP contribution in [0, 0.1) is 0 Å². The Morgan fingerprint density at radius 1 is 0.656 bits per heavy atom. The fourth-order valence-electron chi connectivity index (χ4n) is 4.57. The zero-order valence-corrected chi connectivity index (χ0v) is 19.1. The first-order chi connectivity index (χ1) is 15.8. The van der Waals surface area contributed by atoms with Crippen molar-refractivity contribution in [1.82, 2.24) is 9.80 Å². The standard InChI is InChI=1S/C27H36N2O3/c30-27(23-9-7-11-25(21-23)31-19-17-28-13-3-1-4-14-28)24-10-8-12-26(22-24)32-20-18-29-15-5-2-6-16-29/h7-12,21-22H,1-6,13-20H2. The normalized spacial score (nSPS) is 17.8. The van der Waals surface area contributed by atoms with E-state index in [1.165, 1.54) is 64.7 Å². The number of piperidine rings is 2. The Labute approximate surface area is 192 Å². The molecule has 2 heterocycles. The molecule has 172 valence electrons. The number of likely N-dealkylation sites (tertiary alicyclic amines) is 2. The van der Waals surface area contributed by atoms with E-state index in [0.29, 0.717) is 24.3 Å². The van der Waals surface area contributed by atoms with Gasteiger partial charge in [-0.1, -0.05) is 37.1 Å². The lowest BCUT2D eigenvalue weighted by Crippen LogP contribution is -2.33. The Morgan fingerprint density at radius 2 is 1.09 bits per heavy atom. The minimum atomic E-state index is -0.00652. The highest BCUT2D eigenvalue weighted by Gasteiger charge is 2.13. The summed E-state index contributed by atoms with van der Waals surface area (Å²) < 4.78 is 11.9. The molecule has 2 saturated heterocycles. The van der Waals surface area contributed by atoms with E-state index in [9.17, 15) is 4.79 Å². The van der Waals surface area contributed by atoms with Crippen molar-refractivity contribution >= 4 is 5.78 Å². The van der Waals surface area contributed by atoms with Crippen molar-refractivity contribution < 1.29 is 14.3 Å². The van der Waals surface area contributed by atoms with Crippen LogP contribution in [0.2, 0.25) is 0 Å². The molecule has 0 bridgehead atoms. The summed E-state index contributed by atoms with van der Waals surface area (Å²) in [4.78, 5) is 18.0. The van der Waals surface area contributed by atoms with Crippen LogP contribution in [0.15, 0.2) is 48.5 Å². The van der Waals surface area contributed by atoms with E-state index in [-0.39, 0.29) is 5.78 Å². The van der Waals surface area contributed by atoms with Crippen molar-refractivity contribution in [2.24, 2.45) is 0 Å². The molecule has 5 heteroatoms. The Morgan fingerprint density at radius 3 is 1.53 bits per heavy atom. The van der Waals surface area contributed by atoms with Gasteiger partial charge < -0.3 is 9.47 Å². The number of nitrogens with zero attached hydrogens (tertiary/aromatic N) is 2. The van der Waals surface area contributed by atoms with Gasteiger partial charge in [-0.05, 0) is 76.1 Å². The molecule has 0 aromatic heterocycles. The van der Waals surface area contributed by atoms with Crippen LogP contribution in [-0.4, -0.2) is 68.1 Å². The summed E-state index contributed by atoms with van der Waals surface area (Å²) in [6, 6.07) is 15.0. The number of hydrogen-bond acceptors (Lipinski definition) is 5. The molecule has 2 aromatic carbocycles. The molecule has 0 amide bonds. The van der Waals surface area contributed by atoms with Crippen LogP contribution in [0.5, 0.6) is 11.5 Å². The highest BCUT2D eigenvalue weighted by molar-refractivity contribution is 6.09. The fourth-order valence-corrected chi connectivity index (χ4v) is 4.57. The lowest BCUT2D eigenvalue weighted by Gasteiger charge is -2.26. The molecule has 4 rings (SSSR count). The molecule has 2 aromatic rings. The van der Waals surface area contributed by atoms with Crippen LogP contribution in [-0.2, 0) is 0 Å². The molecule has 0 N–H and O–H groups in total. The van der Waals surface area contributed by atoms with Gasteiger partial charge in [0.25, 0.3) is 0 Å². The van der Waals surface area contributed by atoms with E-state index in [2.05, 4.69) is 9.80 Å². The van der Waals surface area contributed by atoms with Gasteiger partial charge in [-0.25, -0.2) is 0 Å². The summed E-state index contributed by atoms with van der Waals surface area (Å²) in [7, 11) is 0. The van der Waals surface area contributed by atoms with Crippen molar-refractivity contribution in [1.29, 1.82) is 0 Å². The van der Waals surface area contributed by atoms with Crippen LogP contribution < -0.4 is 9.47 Å². The van der Waals surface area contributed by atoms with Crippen molar-refractivity contribution in [3.63, 3.8) is 0 Å². The lowest BCUT2D eigenvalue weighted by atomic mass is 10.0. The Kier molecular flexibility index (Phi) is 8.57. The third-order valence-corrected chi connectivity index (χ3v) is 6.44. The molecule has 2 fully saturated rings. The van der Waals surface area contributed by atoms with Crippen LogP contribution in [0.3, 0.4) is 0 Å². The third kappa shape index (κ3) is 6.81. The second kappa shape index (κ2) is 12.0. The maximum Gasteiger partial charge on any atom is 0.193 e. The third-order valence-electron chi connectivity index (χ3n) is 6.44. The lowest BCUT2D eigenvalue weighted by molar-refractivity contribution is 0.103. The monoisotopic (exact) mass is 436 g/mol. The van der Waals surface area contributed by atoms with E-state index < -0.39 is 0 Å². The molecular weight excluding hydrogens is 400 g/mol. The van der Waals surface area contributed by atoms with Crippen LogP contribution in [0.1, 0.15) is 54.4 Å². The van der Waals surface area contributed by atoms with E-state index >= 15 is 0 Å². The topological polar surface area (TPSA) is 42.0 Å². The van der Waals surface area contributed by atoms with Crippen LogP contribution >= 0.6 is 0 Å². The van der Waals surface area contributed by atoms with Gasteiger partial charge in [0, 0.05) is 24.2 Å². The minimum absolute atomic E-state index is 0.00652. The Bertz CT molecular complexity index is 788. The van der Waals surface area contributed by atoms with Gasteiger partial charge in [0.05, 0.1) is 0 Å². The first-order valence-corrected chi connectivity index (χ1v) is 12.2. The number of ketones is 1. The first kappa shape index (κ1) is 22.8. The number of hydrogen-bond donors (Lipinski definition) is 0. The molecule has 2 aliphatic rings. The maximum absolute atomic E-state index is 13.1. The largest absolute Gasteiger partial charge is 0.492 e. The van der Waals surface area contributed by atoms with Crippen molar-refractivity contribution in [2.45, 2.75) is 38.5 Å². The van der Waals surface area contributed by atoms with Crippen molar-refractivity contribution in [3.05, 3.63) is 59.7 Å². The number of carbonyl (C=O) groups excluding carboxylic acids is 1. The smallest absolute Gasteiger partial charge is 0.193 e. The van der Waals surface area contributed by atoms with E-state index in [1.54, 1.807) is 0 Å². The first-order valence-electron chi connectivity index (χ1n) is 12.2. The van der Waals surface area contributed by atoms with E-state index in [1.807, 2.05) is 48.5 Å². The van der Waals surface area contributed by atoms with Crippen LogP contribution in [0.4, 0.5) is 0 Å². The fraction of sp³-hybridized carbons (Fsp3) is 0.519.